The van der Waals surface area contributed by atoms with Crippen molar-refractivity contribution in [1.29, 1.82) is 0 Å². The molecule has 1 aliphatic rings. The van der Waals surface area contributed by atoms with Crippen molar-refractivity contribution in [2.45, 2.75) is 12.8 Å². The predicted molar refractivity (Wildman–Crippen MR) is 106 cm³/mol. The molecule has 0 spiro atoms. The molecule has 1 aliphatic heterocycles. The SMILES string of the molecule is CN(C)c1ccc(/C=C2/C(=O)ON=C2CC(=O)OCCc2ccccc2)s1. The van der Waals surface area contributed by atoms with E-state index in [9.17, 15) is 9.59 Å². The molecule has 0 saturated carbocycles. The van der Waals surface area contributed by atoms with E-state index in [1.807, 2.05) is 61.5 Å². The Morgan fingerprint density at radius 1 is 1.22 bits per heavy atom. The molecule has 1 aromatic heterocycles. The van der Waals surface area contributed by atoms with Gasteiger partial charge in [0.2, 0.25) is 0 Å². The molecule has 2 heterocycles. The third kappa shape index (κ3) is 5.04. The van der Waals surface area contributed by atoms with E-state index >= 15 is 0 Å². The van der Waals surface area contributed by atoms with Gasteiger partial charge in [-0.25, -0.2) is 4.79 Å². The van der Waals surface area contributed by atoms with Crippen LogP contribution in [0.1, 0.15) is 16.9 Å². The fourth-order valence-corrected chi connectivity index (χ4v) is 3.37. The molecule has 140 valence electrons. The number of nitrogens with zero attached hydrogens (tertiary/aromatic N) is 2. The Morgan fingerprint density at radius 3 is 2.70 bits per heavy atom. The minimum atomic E-state index is -0.554. The van der Waals surface area contributed by atoms with Crippen molar-refractivity contribution in [3.63, 3.8) is 0 Å². The largest absolute Gasteiger partial charge is 0.465 e. The average Bonchev–Trinajstić information content (AvgIpc) is 3.25. The lowest BCUT2D eigenvalue weighted by Crippen LogP contribution is -2.14. The Balaban J connectivity index is 1.58. The highest BCUT2D eigenvalue weighted by atomic mass is 32.1. The van der Waals surface area contributed by atoms with Crippen LogP contribution in [0.5, 0.6) is 0 Å². The van der Waals surface area contributed by atoms with E-state index in [4.69, 9.17) is 9.57 Å². The molecule has 0 radical (unpaired) electrons. The van der Waals surface area contributed by atoms with E-state index < -0.39 is 11.9 Å². The van der Waals surface area contributed by atoms with Gasteiger partial charge in [-0.05, 0) is 23.8 Å². The number of oxime groups is 1. The van der Waals surface area contributed by atoms with Crippen molar-refractivity contribution >= 4 is 40.1 Å². The molecule has 2 aromatic rings. The van der Waals surface area contributed by atoms with Gasteiger partial charge in [0, 0.05) is 25.4 Å². The molecule has 0 aliphatic carbocycles. The van der Waals surface area contributed by atoms with Gasteiger partial charge in [-0.2, -0.15) is 0 Å². The Hall–Kier alpha value is -2.93. The van der Waals surface area contributed by atoms with E-state index in [1.54, 1.807) is 6.08 Å². The van der Waals surface area contributed by atoms with Gasteiger partial charge in [-0.1, -0.05) is 35.5 Å². The predicted octanol–water partition coefficient (Wildman–Crippen LogP) is 3.29. The minimum absolute atomic E-state index is 0.0989. The number of carbonyl (C=O) groups excluding carboxylic acids is 2. The third-order valence-electron chi connectivity index (χ3n) is 3.92. The molecule has 0 amide bonds. The van der Waals surface area contributed by atoms with Gasteiger partial charge < -0.3 is 14.5 Å². The van der Waals surface area contributed by atoms with Crippen LogP contribution >= 0.6 is 11.3 Å². The first kappa shape index (κ1) is 18.8. The summed E-state index contributed by atoms with van der Waals surface area (Å²) in [7, 11) is 3.90. The van der Waals surface area contributed by atoms with Crippen molar-refractivity contribution in [1.82, 2.24) is 0 Å². The number of thiophene rings is 1. The lowest BCUT2D eigenvalue weighted by Gasteiger charge is -2.07. The summed E-state index contributed by atoms with van der Waals surface area (Å²) < 4.78 is 5.26. The topological polar surface area (TPSA) is 68.2 Å². The van der Waals surface area contributed by atoms with Crippen molar-refractivity contribution in [2.24, 2.45) is 5.16 Å². The molecule has 6 nitrogen and oxygen atoms in total. The van der Waals surface area contributed by atoms with Crippen LogP contribution in [0.25, 0.3) is 6.08 Å². The lowest BCUT2D eigenvalue weighted by molar-refractivity contribution is -0.142. The normalized spacial score (nSPS) is 14.8. The first-order valence-electron chi connectivity index (χ1n) is 8.50. The Bertz CT molecular complexity index is 884. The second-order valence-electron chi connectivity index (χ2n) is 6.18. The van der Waals surface area contributed by atoms with Crippen LogP contribution in [0.2, 0.25) is 0 Å². The van der Waals surface area contributed by atoms with Crippen LogP contribution in [0.15, 0.2) is 53.2 Å². The minimum Gasteiger partial charge on any atom is -0.465 e. The summed E-state index contributed by atoms with van der Waals surface area (Å²) in [4.78, 5) is 31.7. The quantitative estimate of drug-likeness (QED) is 0.416. The second-order valence-corrected chi connectivity index (χ2v) is 7.27. The maximum atomic E-state index is 12.1. The van der Waals surface area contributed by atoms with Gasteiger partial charge in [0.25, 0.3) is 0 Å². The summed E-state index contributed by atoms with van der Waals surface area (Å²) in [5.74, 6) is -0.990. The maximum Gasteiger partial charge on any atom is 0.367 e. The van der Waals surface area contributed by atoms with E-state index in [0.29, 0.717) is 17.7 Å². The van der Waals surface area contributed by atoms with E-state index in [2.05, 4.69) is 5.16 Å². The van der Waals surface area contributed by atoms with E-state index in [0.717, 1.165) is 15.4 Å². The lowest BCUT2D eigenvalue weighted by atomic mass is 10.1. The van der Waals surface area contributed by atoms with Gasteiger partial charge in [0.05, 0.1) is 23.6 Å². The van der Waals surface area contributed by atoms with Gasteiger partial charge >= 0.3 is 11.9 Å². The molecule has 0 saturated heterocycles. The van der Waals surface area contributed by atoms with Crippen LogP contribution in [0, 0.1) is 0 Å². The Labute approximate surface area is 161 Å². The molecule has 0 bridgehead atoms. The van der Waals surface area contributed by atoms with Crippen LogP contribution < -0.4 is 4.90 Å². The third-order valence-corrected chi connectivity index (χ3v) is 5.12. The fourth-order valence-electron chi connectivity index (χ4n) is 2.50. The van der Waals surface area contributed by atoms with Crippen LogP contribution in [-0.2, 0) is 25.6 Å². The Kier molecular flexibility index (Phi) is 6.03. The number of carbonyl (C=O) groups is 2. The molecular formula is C20H20N2O4S. The maximum absolute atomic E-state index is 12.1. The number of benzene rings is 1. The number of anilines is 1. The monoisotopic (exact) mass is 384 g/mol. The standard InChI is InChI=1S/C20H20N2O4S/c1-22(2)18-9-8-15(27-18)12-16-17(21-26-20(16)24)13-19(23)25-11-10-14-6-4-3-5-7-14/h3-9,12H,10-11,13H2,1-2H3/b16-12+. The van der Waals surface area contributed by atoms with Crippen molar-refractivity contribution in [3.05, 3.63) is 58.5 Å². The molecule has 3 rings (SSSR count). The van der Waals surface area contributed by atoms with E-state index in [1.165, 1.54) is 11.3 Å². The molecule has 0 fully saturated rings. The molecule has 0 unspecified atom stereocenters. The average molecular weight is 384 g/mol. The second kappa shape index (κ2) is 8.64. The van der Waals surface area contributed by atoms with Crippen LogP contribution in [0.3, 0.4) is 0 Å². The highest BCUT2D eigenvalue weighted by molar-refractivity contribution is 7.17. The van der Waals surface area contributed by atoms with Gasteiger partial charge in [-0.3, -0.25) is 4.79 Å². The fraction of sp³-hybridized carbons (Fsp3) is 0.250. The highest BCUT2D eigenvalue weighted by Crippen LogP contribution is 2.27. The van der Waals surface area contributed by atoms with Crippen LogP contribution in [-0.4, -0.2) is 38.4 Å². The van der Waals surface area contributed by atoms with Gasteiger partial charge in [-0.15, -0.1) is 11.3 Å². The summed E-state index contributed by atoms with van der Waals surface area (Å²) in [6.45, 7) is 0.279. The number of rotatable bonds is 7. The zero-order valence-electron chi connectivity index (χ0n) is 15.2. The van der Waals surface area contributed by atoms with E-state index in [-0.39, 0.29) is 13.0 Å². The number of esters is 1. The summed E-state index contributed by atoms with van der Waals surface area (Å²) in [5, 5.41) is 4.80. The zero-order valence-corrected chi connectivity index (χ0v) is 16.0. The molecule has 0 N–H and O–H groups in total. The molecule has 0 atom stereocenters. The highest BCUT2D eigenvalue weighted by Gasteiger charge is 2.28. The number of hydrogen-bond donors (Lipinski definition) is 0. The first-order chi connectivity index (χ1) is 13.0. The summed E-state index contributed by atoms with van der Waals surface area (Å²) in [5.41, 5.74) is 1.68. The number of ether oxygens (including phenoxy) is 1. The summed E-state index contributed by atoms with van der Waals surface area (Å²) >= 11 is 1.53. The summed E-state index contributed by atoms with van der Waals surface area (Å²) in [6.07, 6.45) is 2.24. The smallest absolute Gasteiger partial charge is 0.367 e. The van der Waals surface area contributed by atoms with Crippen molar-refractivity contribution in [2.75, 3.05) is 25.6 Å². The van der Waals surface area contributed by atoms with Gasteiger partial charge in [0.15, 0.2) is 0 Å². The van der Waals surface area contributed by atoms with Crippen LogP contribution in [0.4, 0.5) is 5.00 Å². The molecule has 7 heteroatoms. The van der Waals surface area contributed by atoms with Crippen molar-refractivity contribution < 1.29 is 19.2 Å². The number of hydrogen-bond acceptors (Lipinski definition) is 7. The molecule has 27 heavy (non-hydrogen) atoms. The Morgan fingerprint density at radius 2 is 2.00 bits per heavy atom. The van der Waals surface area contributed by atoms with Crippen molar-refractivity contribution in [3.8, 4) is 0 Å². The zero-order chi connectivity index (χ0) is 19.2. The first-order valence-corrected chi connectivity index (χ1v) is 9.31. The van der Waals surface area contributed by atoms with Gasteiger partial charge in [0.1, 0.15) is 5.71 Å². The molecule has 1 aromatic carbocycles. The molecular weight excluding hydrogens is 364 g/mol. The summed E-state index contributed by atoms with van der Waals surface area (Å²) in [6, 6.07) is 13.7.